The van der Waals surface area contributed by atoms with Crippen LogP contribution in [0, 0.1) is 5.82 Å². The van der Waals surface area contributed by atoms with Crippen molar-refractivity contribution >= 4 is 27.9 Å². The molecule has 1 aliphatic rings. The minimum atomic E-state index is -0.360. The first kappa shape index (κ1) is 19.0. The normalized spacial score (nSPS) is 14.4. The van der Waals surface area contributed by atoms with Gasteiger partial charge in [-0.2, -0.15) is 0 Å². The lowest BCUT2D eigenvalue weighted by Gasteiger charge is -2.29. The molecule has 1 fully saturated rings. The molecule has 1 saturated heterocycles. The fourth-order valence-electron chi connectivity index (χ4n) is 3.67. The summed E-state index contributed by atoms with van der Waals surface area (Å²) >= 11 is 1.31. The van der Waals surface area contributed by atoms with Gasteiger partial charge in [0.25, 0.3) is 0 Å². The molecule has 4 aromatic rings. The third-order valence-corrected chi connectivity index (χ3v) is 6.03. The van der Waals surface area contributed by atoms with Crippen LogP contribution < -0.4 is 4.90 Å². The number of hydrogen-bond acceptors (Lipinski definition) is 7. The number of fused-ring (bicyclic) bond motifs is 1. The first-order valence-electron chi connectivity index (χ1n) is 9.66. The van der Waals surface area contributed by atoms with E-state index in [4.69, 9.17) is 4.74 Å². The first-order chi connectivity index (χ1) is 14.7. The van der Waals surface area contributed by atoms with E-state index in [1.165, 1.54) is 23.7 Å². The summed E-state index contributed by atoms with van der Waals surface area (Å²) in [5.41, 5.74) is 4.38. The average molecular weight is 422 g/mol. The molecule has 0 atom stereocenters. The van der Waals surface area contributed by atoms with Gasteiger partial charge >= 0.3 is 0 Å². The lowest BCUT2D eigenvalue weighted by Crippen LogP contribution is -2.36. The summed E-state index contributed by atoms with van der Waals surface area (Å²) in [6, 6.07) is 11.0. The van der Waals surface area contributed by atoms with Gasteiger partial charge in [-0.25, -0.2) is 19.3 Å². The van der Waals surface area contributed by atoms with Crippen molar-refractivity contribution < 1.29 is 14.2 Å². The van der Waals surface area contributed by atoms with Gasteiger partial charge in [-0.1, -0.05) is 0 Å². The van der Waals surface area contributed by atoms with Crippen LogP contribution in [0.1, 0.15) is 5.01 Å². The van der Waals surface area contributed by atoms with Gasteiger partial charge in [0.1, 0.15) is 17.2 Å². The average Bonchev–Trinajstić information content (AvgIpc) is 3.28. The number of aromatic nitrogens is 3. The summed E-state index contributed by atoms with van der Waals surface area (Å²) in [4.78, 5) is 15.5. The number of aliphatic hydroxyl groups excluding tert-OH is 1. The van der Waals surface area contributed by atoms with Gasteiger partial charge in [0.15, 0.2) is 0 Å². The molecule has 0 saturated carbocycles. The Balaban J connectivity index is 1.56. The Kier molecular flexibility index (Phi) is 5.12. The zero-order chi connectivity index (χ0) is 20.5. The van der Waals surface area contributed by atoms with E-state index in [-0.39, 0.29) is 12.4 Å². The van der Waals surface area contributed by atoms with E-state index in [9.17, 15) is 9.50 Å². The molecule has 0 unspecified atom stereocenters. The molecule has 5 rings (SSSR count). The summed E-state index contributed by atoms with van der Waals surface area (Å²) < 4.78 is 19.9. The first-order valence-corrected chi connectivity index (χ1v) is 10.5. The highest BCUT2D eigenvalue weighted by Gasteiger charge is 2.16. The standard InChI is InChI=1S/C22H19FN4O2S/c23-18-4-1-14(9-17(18)20-12-30-21(11-28)26-20)22-16-3-2-15(10-19(16)24-13-25-22)27-5-7-29-8-6-27/h1-4,9-10,12-13,28H,5-8,11H2. The highest BCUT2D eigenvalue weighted by atomic mass is 32.1. The monoisotopic (exact) mass is 422 g/mol. The quantitative estimate of drug-likeness (QED) is 0.538. The van der Waals surface area contributed by atoms with Crippen LogP contribution in [0.15, 0.2) is 48.1 Å². The molecular formula is C22H19FN4O2S. The van der Waals surface area contributed by atoms with Crippen molar-refractivity contribution in [3.05, 3.63) is 58.9 Å². The number of anilines is 1. The minimum absolute atomic E-state index is 0.159. The van der Waals surface area contributed by atoms with E-state index >= 15 is 0 Å². The molecule has 0 amide bonds. The van der Waals surface area contributed by atoms with Crippen molar-refractivity contribution in [2.75, 3.05) is 31.2 Å². The van der Waals surface area contributed by atoms with E-state index < -0.39 is 0 Å². The number of ether oxygens (including phenoxy) is 1. The highest BCUT2D eigenvalue weighted by molar-refractivity contribution is 7.09. The van der Waals surface area contributed by atoms with Crippen LogP contribution >= 0.6 is 11.3 Å². The van der Waals surface area contributed by atoms with Crippen molar-refractivity contribution in [3.63, 3.8) is 0 Å². The van der Waals surface area contributed by atoms with Crippen molar-refractivity contribution in [1.82, 2.24) is 15.0 Å². The number of thiazole rings is 1. The highest BCUT2D eigenvalue weighted by Crippen LogP contribution is 2.33. The summed E-state index contributed by atoms with van der Waals surface area (Å²) in [5, 5.41) is 12.5. The summed E-state index contributed by atoms with van der Waals surface area (Å²) in [6.07, 6.45) is 1.54. The Hall–Kier alpha value is -2.94. The zero-order valence-corrected chi connectivity index (χ0v) is 16.9. The predicted octanol–water partition coefficient (Wildman–Crippen LogP) is 3.89. The van der Waals surface area contributed by atoms with E-state index in [1.54, 1.807) is 17.5 Å². The maximum absolute atomic E-state index is 14.5. The van der Waals surface area contributed by atoms with Crippen LogP contribution in [0.2, 0.25) is 0 Å². The molecule has 3 heterocycles. The van der Waals surface area contributed by atoms with E-state index in [2.05, 4.69) is 32.0 Å². The topological polar surface area (TPSA) is 71.4 Å². The largest absolute Gasteiger partial charge is 0.389 e. The number of halogens is 1. The van der Waals surface area contributed by atoms with Gasteiger partial charge in [0.2, 0.25) is 0 Å². The van der Waals surface area contributed by atoms with E-state index in [1.807, 2.05) is 6.07 Å². The zero-order valence-electron chi connectivity index (χ0n) is 16.1. The number of morpholine rings is 1. The molecule has 6 nitrogen and oxygen atoms in total. The van der Waals surface area contributed by atoms with Gasteiger partial charge in [-0.05, 0) is 36.4 Å². The Morgan fingerprint density at radius 3 is 2.77 bits per heavy atom. The molecule has 0 spiro atoms. The smallest absolute Gasteiger partial charge is 0.132 e. The lowest BCUT2D eigenvalue weighted by molar-refractivity contribution is 0.122. The van der Waals surface area contributed by atoms with Crippen LogP contribution in [-0.4, -0.2) is 46.4 Å². The fourth-order valence-corrected chi connectivity index (χ4v) is 4.32. The van der Waals surface area contributed by atoms with Gasteiger partial charge in [0.05, 0.1) is 36.7 Å². The Morgan fingerprint density at radius 2 is 1.97 bits per heavy atom. The van der Waals surface area contributed by atoms with Crippen molar-refractivity contribution in [2.45, 2.75) is 6.61 Å². The molecule has 152 valence electrons. The van der Waals surface area contributed by atoms with Gasteiger partial charge < -0.3 is 14.7 Å². The number of aliphatic hydroxyl groups is 1. The molecule has 0 aliphatic carbocycles. The van der Waals surface area contributed by atoms with Crippen molar-refractivity contribution in [2.24, 2.45) is 0 Å². The molecule has 0 bridgehead atoms. The lowest BCUT2D eigenvalue weighted by atomic mass is 10.0. The molecule has 1 aliphatic heterocycles. The fraction of sp³-hybridized carbons (Fsp3) is 0.227. The van der Waals surface area contributed by atoms with Gasteiger partial charge in [0, 0.05) is 40.7 Å². The minimum Gasteiger partial charge on any atom is -0.389 e. The summed E-state index contributed by atoms with van der Waals surface area (Å²) in [5.74, 6) is -0.360. The Labute approximate surface area is 176 Å². The molecular weight excluding hydrogens is 403 g/mol. The summed E-state index contributed by atoms with van der Waals surface area (Å²) in [6.45, 7) is 3.00. The maximum atomic E-state index is 14.5. The third kappa shape index (κ3) is 3.54. The van der Waals surface area contributed by atoms with Crippen LogP contribution in [0.5, 0.6) is 0 Å². The second kappa shape index (κ2) is 8.06. The van der Waals surface area contributed by atoms with E-state index in [0.717, 1.165) is 54.2 Å². The molecule has 30 heavy (non-hydrogen) atoms. The van der Waals surface area contributed by atoms with Crippen LogP contribution in [-0.2, 0) is 11.3 Å². The third-order valence-electron chi connectivity index (χ3n) is 5.20. The number of rotatable bonds is 4. The molecule has 2 aromatic carbocycles. The van der Waals surface area contributed by atoms with Crippen molar-refractivity contribution in [3.8, 4) is 22.5 Å². The van der Waals surface area contributed by atoms with Crippen LogP contribution in [0.3, 0.4) is 0 Å². The number of nitrogens with zero attached hydrogens (tertiary/aromatic N) is 4. The predicted molar refractivity (Wildman–Crippen MR) is 115 cm³/mol. The van der Waals surface area contributed by atoms with E-state index in [0.29, 0.717) is 16.3 Å². The molecule has 1 N–H and O–H groups in total. The van der Waals surface area contributed by atoms with Crippen LogP contribution in [0.25, 0.3) is 33.4 Å². The van der Waals surface area contributed by atoms with Crippen LogP contribution in [0.4, 0.5) is 10.1 Å². The molecule has 0 radical (unpaired) electrons. The summed E-state index contributed by atoms with van der Waals surface area (Å²) in [7, 11) is 0. The molecule has 2 aromatic heterocycles. The van der Waals surface area contributed by atoms with Gasteiger partial charge in [-0.15, -0.1) is 11.3 Å². The number of hydrogen-bond donors (Lipinski definition) is 1. The van der Waals surface area contributed by atoms with Gasteiger partial charge in [-0.3, -0.25) is 0 Å². The molecule has 8 heteroatoms. The maximum Gasteiger partial charge on any atom is 0.132 e. The van der Waals surface area contributed by atoms with Crippen molar-refractivity contribution in [1.29, 1.82) is 0 Å². The Morgan fingerprint density at radius 1 is 1.10 bits per heavy atom. The SMILES string of the molecule is OCc1nc(-c2cc(-c3ncnc4cc(N5CCOCC5)ccc34)ccc2F)cs1. The number of benzene rings is 2. The Bertz CT molecular complexity index is 1210. The second-order valence-electron chi connectivity index (χ2n) is 7.00. The second-order valence-corrected chi connectivity index (χ2v) is 7.95.